The van der Waals surface area contributed by atoms with E-state index in [0.29, 0.717) is 23.6 Å². The number of aryl methyl sites for hydroxylation is 1. The molecule has 1 aromatic heterocycles. The molecule has 0 aliphatic carbocycles. The van der Waals surface area contributed by atoms with Crippen molar-refractivity contribution in [2.24, 2.45) is 0 Å². The maximum atomic E-state index is 11.3. The molecule has 0 amide bonds. The summed E-state index contributed by atoms with van der Waals surface area (Å²) in [5.41, 5.74) is 1.33. The van der Waals surface area contributed by atoms with Crippen molar-refractivity contribution >= 4 is 17.6 Å². The highest BCUT2D eigenvalue weighted by atomic mass is 16.5. The van der Waals surface area contributed by atoms with E-state index >= 15 is 0 Å². The zero-order valence-corrected chi connectivity index (χ0v) is 14.2. The number of carbonyl (C=O) groups is 1. The molecule has 6 nitrogen and oxygen atoms in total. The van der Waals surface area contributed by atoms with Crippen LogP contribution in [0.1, 0.15) is 49.8 Å². The van der Waals surface area contributed by atoms with E-state index in [0.717, 1.165) is 37.2 Å². The van der Waals surface area contributed by atoms with Crippen LogP contribution in [0, 0.1) is 11.3 Å². The van der Waals surface area contributed by atoms with E-state index in [1.165, 1.54) is 6.42 Å². The van der Waals surface area contributed by atoms with Gasteiger partial charge in [0.2, 0.25) is 0 Å². The van der Waals surface area contributed by atoms with E-state index in [-0.39, 0.29) is 5.97 Å². The van der Waals surface area contributed by atoms with Crippen LogP contribution in [-0.4, -0.2) is 20.7 Å². The topological polar surface area (TPSA) is 80.8 Å². The largest absolute Gasteiger partial charge is 0.427 e. The standard InChI is InChI=1S/C19H20N4O2/c1-2-18(24)25-16-9-7-14(8-10-16)12-15(13-20)19-22-21-17-6-4-3-5-11-23(17)19/h7-10,12H,2-6,11H2,1H3. The number of rotatable bonds is 4. The second-order valence-corrected chi connectivity index (χ2v) is 5.97. The van der Waals surface area contributed by atoms with Crippen LogP contribution in [0.25, 0.3) is 11.6 Å². The summed E-state index contributed by atoms with van der Waals surface area (Å²) in [6.45, 7) is 2.60. The van der Waals surface area contributed by atoms with Gasteiger partial charge >= 0.3 is 5.97 Å². The number of esters is 1. The Balaban J connectivity index is 1.85. The van der Waals surface area contributed by atoms with Gasteiger partial charge in [-0.2, -0.15) is 5.26 Å². The number of hydrogen-bond donors (Lipinski definition) is 0. The first-order valence-electron chi connectivity index (χ1n) is 8.56. The monoisotopic (exact) mass is 336 g/mol. The van der Waals surface area contributed by atoms with Crippen molar-refractivity contribution in [1.29, 1.82) is 5.26 Å². The molecule has 2 heterocycles. The molecule has 0 saturated carbocycles. The number of carbonyl (C=O) groups excluding carboxylic acids is 1. The lowest BCUT2D eigenvalue weighted by molar-refractivity contribution is -0.134. The van der Waals surface area contributed by atoms with Crippen molar-refractivity contribution in [1.82, 2.24) is 14.8 Å². The first-order chi connectivity index (χ1) is 12.2. The highest BCUT2D eigenvalue weighted by Crippen LogP contribution is 2.22. The SMILES string of the molecule is CCC(=O)Oc1ccc(C=C(C#N)c2nnc3n2CCCCC3)cc1. The summed E-state index contributed by atoms with van der Waals surface area (Å²) < 4.78 is 7.21. The maximum absolute atomic E-state index is 11.3. The molecular weight excluding hydrogens is 316 g/mol. The lowest BCUT2D eigenvalue weighted by atomic mass is 10.1. The number of fused-ring (bicyclic) bond motifs is 1. The molecular formula is C19H20N4O2. The highest BCUT2D eigenvalue weighted by Gasteiger charge is 2.17. The minimum Gasteiger partial charge on any atom is -0.427 e. The number of ether oxygens (including phenoxy) is 1. The number of benzene rings is 1. The summed E-state index contributed by atoms with van der Waals surface area (Å²) in [6.07, 6.45) is 6.39. The first kappa shape index (κ1) is 16.9. The Labute approximate surface area is 146 Å². The molecule has 25 heavy (non-hydrogen) atoms. The van der Waals surface area contributed by atoms with Crippen molar-refractivity contribution in [2.75, 3.05) is 0 Å². The minimum atomic E-state index is -0.271. The van der Waals surface area contributed by atoms with Gasteiger partial charge in [-0.3, -0.25) is 4.79 Å². The van der Waals surface area contributed by atoms with E-state index in [9.17, 15) is 10.1 Å². The Morgan fingerprint density at radius 3 is 2.80 bits per heavy atom. The van der Waals surface area contributed by atoms with Crippen molar-refractivity contribution in [3.05, 3.63) is 41.5 Å². The van der Waals surface area contributed by atoms with Crippen LogP contribution in [0.3, 0.4) is 0 Å². The number of aromatic nitrogens is 3. The van der Waals surface area contributed by atoms with Crippen LogP contribution in [0.15, 0.2) is 24.3 Å². The quantitative estimate of drug-likeness (QED) is 0.486. The first-order valence-corrected chi connectivity index (χ1v) is 8.56. The van der Waals surface area contributed by atoms with Gasteiger partial charge in [0.1, 0.15) is 17.6 Å². The van der Waals surface area contributed by atoms with Crippen LogP contribution >= 0.6 is 0 Å². The molecule has 1 aliphatic rings. The average molecular weight is 336 g/mol. The molecule has 3 rings (SSSR count). The van der Waals surface area contributed by atoms with Gasteiger partial charge in [0, 0.05) is 19.4 Å². The second kappa shape index (κ2) is 7.75. The molecule has 0 saturated heterocycles. The maximum Gasteiger partial charge on any atom is 0.310 e. The van der Waals surface area contributed by atoms with Gasteiger partial charge in [-0.25, -0.2) is 0 Å². The fourth-order valence-corrected chi connectivity index (χ4v) is 2.83. The summed E-state index contributed by atoms with van der Waals surface area (Å²) in [4.78, 5) is 11.3. The van der Waals surface area contributed by atoms with Gasteiger partial charge in [0.05, 0.1) is 5.57 Å². The summed E-state index contributed by atoms with van der Waals surface area (Å²) in [7, 11) is 0. The highest BCUT2D eigenvalue weighted by molar-refractivity contribution is 5.87. The predicted octanol–water partition coefficient (Wildman–Crippen LogP) is 3.38. The number of allylic oxidation sites excluding steroid dienone is 1. The fourth-order valence-electron chi connectivity index (χ4n) is 2.83. The number of hydrogen-bond acceptors (Lipinski definition) is 5. The summed E-state index contributed by atoms with van der Waals surface area (Å²) >= 11 is 0. The predicted molar refractivity (Wildman–Crippen MR) is 93.4 cm³/mol. The van der Waals surface area contributed by atoms with Gasteiger partial charge in [-0.05, 0) is 36.6 Å². The minimum absolute atomic E-state index is 0.271. The molecule has 0 atom stereocenters. The Bertz CT molecular complexity index is 828. The van der Waals surface area contributed by atoms with Crippen LogP contribution < -0.4 is 4.74 Å². The Morgan fingerprint density at radius 2 is 2.08 bits per heavy atom. The van der Waals surface area contributed by atoms with Gasteiger partial charge in [-0.15, -0.1) is 10.2 Å². The molecule has 0 fully saturated rings. The molecule has 128 valence electrons. The van der Waals surface area contributed by atoms with Crippen molar-refractivity contribution < 1.29 is 9.53 Å². The summed E-state index contributed by atoms with van der Waals surface area (Å²) in [5, 5.41) is 18.0. The van der Waals surface area contributed by atoms with Crippen LogP contribution in [0.5, 0.6) is 5.75 Å². The van der Waals surface area contributed by atoms with Gasteiger partial charge in [-0.1, -0.05) is 25.5 Å². The summed E-state index contributed by atoms with van der Waals surface area (Å²) in [5.74, 6) is 1.81. The molecule has 1 aromatic carbocycles. The molecule has 0 N–H and O–H groups in total. The third-order valence-corrected chi connectivity index (χ3v) is 4.18. The molecule has 2 aromatic rings. The third kappa shape index (κ3) is 3.94. The average Bonchev–Trinajstić information content (AvgIpc) is 2.88. The fraction of sp³-hybridized carbons (Fsp3) is 0.368. The molecule has 0 spiro atoms. The Kier molecular flexibility index (Phi) is 5.24. The van der Waals surface area contributed by atoms with Gasteiger partial charge < -0.3 is 9.30 Å². The second-order valence-electron chi connectivity index (χ2n) is 5.97. The molecule has 1 aliphatic heterocycles. The van der Waals surface area contributed by atoms with Crippen molar-refractivity contribution in [2.45, 2.75) is 45.6 Å². The number of nitriles is 1. The number of nitrogens with zero attached hydrogens (tertiary/aromatic N) is 4. The normalized spacial score (nSPS) is 14.3. The lowest BCUT2D eigenvalue weighted by Gasteiger charge is -2.06. The molecule has 0 bridgehead atoms. The molecule has 0 unspecified atom stereocenters. The van der Waals surface area contributed by atoms with E-state index in [1.54, 1.807) is 25.1 Å². The smallest absolute Gasteiger partial charge is 0.310 e. The van der Waals surface area contributed by atoms with Crippen LogP contribution in [-0.2, 0) is 17.8 Å². The lowest BCUT2D eigenvalue weighted by Crippen LogP contribution is -2.05. The van der Waals surface area contributed by atoms with Crippen molar-refractivity contribution in [3.63, 3.8) is 0 Å². The zero-order chi connectivity index (χ0) is 17.6. The van der Waals surface area contributed by atoms with Crippen LogP contribution in [0.4, 0.5) is 0 Å². The van der Waals surface area contributed by atoms with Gasteiger partial charge in [0.25, 0.3) is 0 Å². The van der Waals surface area contributed by atoms with E-state index < -0.39 is 0 Å². The van der Waals surface area contributed by atoms with E-state index in [2.05, 4.69) is 20.8 Å². The molecule has 6 heteroatoms. The molecule has 0 radical (unpaired) electrons. The van der Waals surface area contributed by atoms with Crippen molar-refractivity contribution in [3.8, 4) is 11.8 Å². The Morgan fingerprint density at radius 1 is 1.28 bits per heavy atom. The van der Waals surface area contributed by atoms with Gasteiger partial charge in [0.15, 0.2) is 5.82 Å². The van der Waals surface area contributed by atoms with E-state index in [1.807, 2.05) is 12.1 Å². The van der Waals surface area contributed by atoms with E-state index in [4.69, 9.17) is 4.74 Å². The summed E-state index contributed by atoms with van der Waals surface area (Å²) in [6, 6.07) is 9.30. The van der Waals surface area contributed by atoms with Crippen LogP contribution in [0.2, 0.25) is 0 Å². The third-order valence-electron chi connectivity index (χ3n) is 4.18. The zero-order valence-electron chi connectivity index (χ0n) is 14.2. The Hall–Kier alpha value is -2.94.